The SMILES string of the molecule is Cc1cc2occ(CC(=O)N3CCCNC(=O)[C@H](Cc4ccccc4)NC(=O)CN(C)C(=O)[C@H](C(C)C)NC(=O)[C@H]3C)c2cc1Cl. The maximum Gasteiger partial charge on any atom is 0.245 e. The fraction of sp³-hybridized carbons (Fsp3) is 0.441. The van der Waals surface area contributed by atoms with E-state index in [0.29, 0.717) is 28.0 Å². The third-order valence-electron chi connectivity index (χ3n) is 8.24. The summed E-state index contributed by atoms with van der Waals surface area (Å²) in [6.07, 6.45) is 2.07. The standard InChI is InChI=1S/C34H42ClN5O6/c1-20(2)31-34(45)39(5)18-29(41)37-27(15-23-10-7-6-8-11-23)33(44)36-12-9-13-40(22(4)32(43)38-31)30(42)16-24-19-46-28-14-21(3)26(35)17-25(24)28/h6-8,10-11,14,17,19-20,22,27,31H,9,12-13,15-16,18H2,1-5H3,(H,36,44)(H,37,41)(H,38,43)/t22-,27+,31+/m1/s1. The van der Waals surface area contributed by atoms with Crippen molar-refractivity contribution in [2.75, 3.05) is 26.7 Å². The van der Waals surface area contributed by atoms with E-state index in [4.69, 9.17) is 16.0 Å². The van der Waals surface area contributed by atoms with Crippen LogP contribution in [0.2, 0.25) is 5.02 Å². The number of likely N-dealkylation sites (N-methyl/N-ethyl adjacent to an activating group) is 1. The Balaban J connectivity index is 1.60. The fourth-order valence-corrected chi connectivity index (χ4v) is 5.64. The first-order valence-electron chi connectivity index (χ1n) is 15.5. The molecule has 1 saturated heterocycles. The Morgan fingerprint density at radius 2 is 1.78 bits per heavy atom. The van der Waals surface area contributed by atoms with Gasteiger partial charge in [0.1, 0.15) is 23.7 Å². The van der Waals surface area contributed by atoms with Crippen molar-refractivity contribution < 1.29 is 28.4 Å². The number of carbonyl (C=O) groups is 5. The molecule has 11 nitrogen and oxygen atoms in total. The van der Waals surface area contributed by atoms with Crippen molar-refractivity contribution in [3.8, 4) is 0 Å². The molecule has 246 valence electrons. The van der Waals surface area contributed by atoms with Crippen molar-refractivity contribution in [2.45, 2.75) is 65.1 Å². The number of nitrogens with one attached hydrogen (secondary N) is 3. The van der Waals surface area contributed by atoms with Crippen LogP contribution in [-0.2, 0) is 36.8 Å². The molecule has 0 radical (unpaired) electrons. The average Bonchev–Trinajstić information content (AvgIpc) is 3.39. The Morgan fingerprint density at radius 3 is 2.48 bits per heavy atom. The number of rotatable bonds is 5. The molecule has 2 aromatic carbocycles. The Kier molecular flexibility index (Phi) is 11.4. The van der Waals surface area contributed by atoms with Crippen LogP contribution in [0.3, 0.4) is 0 Å². The maximum absolute atomic E-state index is 13.8. The molecule has 1 fully saturated rings. The van der Waals surface area contributed by atoms with Gasteiger partial charge in [0.2, 0.25) is 29.5 Å². The highest BCUT2D eigenvalue weighted by molar-refractivity contribution is 6.32. The number of aryl methyl sites for hydroxylation is 1. The molecule has 12 heteroatoms. The van der Waals surface area contributed by atoms with Gasteiger partial charge in [0.25, 0.3) is 0 Å². The van der Waals surface area contributed by atoms with Crippen molar-refractivity contribution in [1.82, 2.24) is 25.8 Å². The minimum atomic E-state index is -0.941. The lowest BCUT2D eigenvalue weighted by Gasteiger charge is -2.32. The molecule has 3 aromatic rings. The zero-order valence-electron chi connectivity index (χ0n) is 26.9. The largest absolute Gasteiger partial charge is 0.464 e. The molecular weight excluding hydrogens is 610 g/mol. The Labute approximate surface area is 274 Å². The van der Waals surface area contributed by atoms with Crippen LogP contribution in [0, 0.1) is 12.8 Å². The van der Waals surface area contributed by atoms with Gasteiger partial charge in [0, 0.05) is 42.5 Å². The third kappa shape index (κ3) is 8.45. The van der Waals surface area contributed by atoms with E-state index < -0.39 is 35.8 Å². The van der Waals surface area contributed by atoms with Crippen LogP contribution < -0.4 is 16.0 Å². The predicted octanol–water partition coefficient (Wildman–Crippen LogP) is 3.00. The summed E-state index contributed by atoms with van der Waals surface area (Å²) in [4.78, 5) is 69.8. The molecule has 3 N–H and O–H groups in total. The first kappa shape index (κ1) is 34.5. The second-order valence-electron chi connectivity index (χ2n) is 12.2. The number of furan rings is 1. The second kappa shape index (κ2) is 15.3. The number of halogens is 1. The van der Waals surface area contributed by atoms with Gasteiger partial charge in [-0.05, 0) is 49.4 Å². The Hall–Kier alpha value is -4.38. The van der Waals surface area contributed by atoms with Crippen LogP contribution in [0.15, 0.2) is 53.1 Å². The van der Waals surface area contributed by atoms with Crippen LogP contribution >= 0.6 is 11.6 Å². The molecule has 0 unspecified atom stereocenters. The second-order valence-corrected chi connectivity index (χ2v) is 12.6. The van der Waals surface area contributed by atoms with Gasteiger partial charge in [-0.3, -0.25) is 24.0 Å². The van der Waals surface area contributed by atoms with E-state index in [1.165, 1.54) is 23.1 Å². The average molecular weight is 652 g/mol. The normalized spacial score (nSPS) is 20.9. The molecule has 1 aliphatic heterocycles. The lowest BCUT2D eigenvalue weighted by Crippen LogP contribution is -2.58. The van der Waals surface area contributed by atoms with Crippen molar-refractivity contribution in [2.24, 2.45) is 5.92 Å². The summed E-state index contributed by atoms with van der Waals surface area (Å²) in [5.74, 6) is -2.49. The van der Waals surface area contributed by atoms with Crippen LogP contribution in [0.25, 0.3) is 11.0 Å². The van der Waals surface area contributed by atoms with Gasteiger partial charge >= 0.3 is 0 Å². The molecule has 3 atom stereocenters. The Bertz CT molecular complexity index is 1590. The van der Waals surface area contributed by atoms with Crippen molar-refractivity contribution in [1.29, 1.82) is 0 Å². The molecule has 1 aromatic heterocycles. The summed E-state index contributed by atoms with van der Waals surface area (Å²) in [5.41, 5.74) is 2.94. The molecule has 0 aliphatic carbocycles. The lowest BCUT2D eigenvalue weighted by molar-refractivity contribution is -0.143. The van der Waals surface area contributed by atoms with Crippen LogP contribution in [0.5, 0.6) is 0 Å². The number of hydrogen-bond donors (Lipinski definition) is 3. The molecule has 4 rings (SSSR count). The molecule has 2 heterocycles. The minimum Gasteiger partial charge on any atom is -0.464 e. The van der Waals surface area contributed by atoms with E-state index in [2.05, 4.69) is 16.0 Å². The monoisotopic (exact) mass is 651 g/mol. The van der Waals surface area contributed by atoms with Gasteiger partial charge in [0.15, 0.2) is 0 Å². The van der Waals surface area contributed by atoms with E-state index in [1.54, 1.807) is 26.8 Å². The molecule has 0 spiro atoms. The van der Waals surface area contributed by atoms with E-state index in [1.807, 2.05) is 43.3 Å². The smallest absolute Gasteiger partial charge is 0.245 e. The number of benzene rings is 2. The number of amides is 5. The molecule has 0 saturated carbocycles. The van der Waals surface area contributed by atoms with Gasteiger partial charge in [-0.2, -0.15) is 0 Å². The third-order valence-corrected chi connectivity index (χ3v) is 8.65. The zero-order chi connectivity index (χ0) is 33.5. The molecule has 5 amide bonds. The van der Waals surface area contributed by atoms with Crippen molar-refractivity contribution in [3.05, 3.63) is 70.4 Å². The number of hydrogen-bond acceptors (Lipinski definition) is 6. The number of carbonyl (C=O) groups excluding carboxylic acids is 5. The van der Waals surface area contributed by atoms with Gasteiger partial charge in [0.05, 0.1) is 19.2 Å². The highest BCUT2D eigenvalue weighted by atomic mass is 35.5. The van der Waals surface area contributed by atoms with Gasteiger partial charge < -0.3 is 30.2 Å². The highest BCUT2D eigenvalue weighted by Gasteiger charge is 2.33. The van der Waals surface area contributed by atoms with Crippen LogP contribution in [-0.4, -0.2) is 84.1 Å². The lowest BCUT2D eigenvalue weighted by atomic mass is 10.0. The van der Waals surface area contributed by atoms with E-state index in [-0.39, 0.29) is 50.2 Å². The molecule has 46 heavy (non-hydrogen) atoms. The summed E-state index contributed by atoms with van der Waals surface area (Å²) < 4.78 is 5.69. The number of fused-ring (bicyclic) bond motifs is 1. The summed E-state index contributed by atoms with van der Waals surface area (Å²) in [6.45, 7) is 7.10. The van der Waals surface area contributed by atoms with Crippen molar-refractivity contribution >= 4 is 52.1 Å². The summed E-state index contributed by atoms with van der Waals surface area (Å²) in [7, 11) is 1.47. The Morgan fingerprint density at radius 1 is 1.07 bits per heavy atom. The topological polar surface area (TPSA) is 141 Å². The van der Waals surface area contributed by atoms with Crippen molar-refractivity contribution in [3.63, 3.8) is 0 Å². The number of nitrogens with zero attached hydrogens (tertiary/aromatic N) is 2. The predicted molar refractivity (Wildman–Crippen MR) is 175 cm³/mol. The van der Waals surface area contributed by atoms with Gasteiger partial charge in [-0.25, -0.2) is 0 Å². The van der Waals surface area contributed by atoms with E-state index in [9.17, 15) is 24.0 Å². The quantitative estimate of drug-likeness (QED) is 0.388. The summed E-state index contributed by atoms with van der Waals surface area (Å²) >= 11 is 6.35. The molecule has 1 aliphatic rings. The fourth-order valence-electron chi connectivity index (χ4n) is 5.48. The van der Waals surface area contributed by atoms with Gasteiger partial charge in [-0.1, -0.05) is 55.8 Å². The maximum atomic E-state index is 13.8. The summed E-state index contributed by atoms with van der Waals surface area (Å²) in [5, 5.41) is 9.70. The first-order chi connectivity index (χ1) is 21.8. The van der Waals surface area contributed by atoms with E-state index in [0.717, 1.165) is 11.1 Å². The zero-order valence-corrected chi connectivity index (χ0v) is 27.6. The van der Waals surface area contributed by atoms with E-state index >= 15 is 0 Å². The van der Waals surface area contributed by atoms with Gasteiger partial charge in [-0.15, -0.1) is 0 Å². The highest BCUT2D eigenvalue weighted by Crippen LogP contribution is 2.28. The molecular formula is C34H42ClN5O6. The van der Waals surface area contributed by atoms with Crippen LogP contribution in [0.4, 0.5) is 0 Å². The summed E-state index contributed by atoms with van der Waals surface area (Å²) in [6, 6.07) is 10.1. The molecule has 0 bridgehead atoms. The van der Waals surface area contributed by atoms with Crippen LogP contribution in [0.1, 0.15) is 43.9 Å². The first-order valence-corrected chi connectivity index (χ1v) is 15.9. The minimum absolute atomic E-state index is 0.0448.